The number of rotatable bonds is 5. The minimum Gasteiger partial charge on any atom is -0.442 e. The summed E-state index contributed by atoms with van der Waals surface area (Å²) in [6.45, 7) is 1.97. The van der Waals surface area contributed by atoms with Gasteiger partial charge in [-0.1, -0.05) is 29.8 Å². The van der Waals surface area contributed by atoms with E-state index in [1.165, 1.54) is 11.0 Å². The number of allylic oxidation sites excluding steroid dienone is 4. The van der Waals surface area contributed by atoms with Crippen molar-refractivity contribution in [3.8, 4) is 0 Å². The van der Waals surface area contributed by atoms with E-state index >= 15 is 0 Å². The number of benzene rings is 1. The Morgan fingerprint density at radius 2 is 2.20 bits per heavy atom. The van der Waals surface area contributed by atoms with Crippen LogP contribution < -0.4 is 4.90 Å². The highest BCUT2D eigenvalue weighted by atomic mass is 35.5. The summed E-state index contributed by atoms with van der Waals surface area (Å²) in [5.41, 5.74) is 2.00. The van der Waals surface area contributed by atoms with Crippen LogP contribution in [0.4, 0.5) is 14.9 Å². The van der Waals surface area contributed by atoms with Gasteiger partial charge in [0.1, 0.15) is 11.9 Å². The van der Waals surface area contributed by atoms with E-state index in [0.717, 1.165) is 23.4 Å². The Balaban J connectivity index is 1.37. The van der Waals surface area contributed by atoms with Crippen LogP contribution in [-0.4, -0.2) is 44.7 Å². The highest BCUT2D eigenvalue weighted by Gasteiger charge is 2.32. The fourth-order valence-electron chi connectivity index (χ4n) is 3.74. The zero-order valence-electron chi connectivity index (χ0n) is 16.6. The van der Waals surface area contributed by atoms with Gasteiger partial charge in [-0.25, -0.2) is 9.18 Å². The van der Waals surface area contributed by atoms with Gasteiger partial charge in [0.2, 0.25) is 0 Å². The van der Waals surface area contributed by atoms with Crippen molar-refractivity contribution in [1.82, 2.24) is 0 Å². The molecule has 0 saturated carbocycles. The molecule has 1 aromatic rings. The van der Waals surface area contributed by atoms with Gasteiger partial charge in [-0.15, -0.1) is 0 Å². The van der Waals surface area contributed by atoms with Gasteiger partial charge in [-0.2, -0.15) is 0 Å². The second-order valence-electron chi connectivity index (χ2n) is 7.52. The quantitative estimate of drug-likeness (QED) is 0.609. The van der Waals surface area contributed by atoms with E-state index < -0.39 is 6.09 Å². The fourth-order valence-corrected chi connectivity index (χ4v) is 3.90. The molecule has 158 valence electrons. The number of anilines is 1. The average molecular weight is 431 g/mol. The molecular weight excluding hydrogens is 407 g/mol. The van der Waals surface area contributed by atoms with Gasteiger partial charge in [0.25, 0.3) is 0 Å². The third kappa shape index (κ3) is 4.99. The summed E-state index contributed by atoms with van der Waals surface area (Å²) in [6, 6.07) is 4.90. The van der Waals surface area contributed by atoms with Gasteiger partial charge in [0.15, 0.2) is 0 Å². The summed E-state index contributed by atoms with van der Waals surface area (Å²) in [5.74, 6) is -0.142. The third-order valence-electron chi connectivity index (χ3n) is 5.35. The van der Waals surface area contributed by atoms with Gasteiger partial charge < -0.3 is 9.47 Å². The van der Waals surface area contributed by atoms with Crippen molar-refractivity contribution in [2.75, 3.05) is 31.2 Å². The van der Waals surface area contributed by atoms with Crippen molar-refractivity contribution >= 4 is 35.2 Å². The molecule has 1 amide bonds. The summed E-state index contributed by atoms with van der Waals surface area (Å²) >= 11 is 5.91. The standard InChI is InChI=1S/C23H24ClFN2O3/c24-18-5-3-16(4-6-18)13-26-14-20-15-27(23(28)30-20)19-7-8-21(22(25)12-19)17-2-1-10-29-11-9-17/h2-3,5-8,12-13,16,20H,1,4,9-11,14-15H2/t16?,20-/m0/s1. The van der Waals surface area contributed by atoms with E-state index in [-0.39, 0.29) is 17.8 Å². The van der Waals surface area contributed by atoms with E-state index in [0.29, 0.717) is 44.0 Å². The van der Waals surface area contributed by atoms with Crippen molar-refractivity contribution < 1.29 is 18.7 Å². The van der Waals surface area contributed by atoms with E-state index in [9.17, 15) is 9.18 Å². The molecule has 4 rings (SSSR count). The highest BCUT2D eigenvalue weighted by molar-refractivity contribution is 6.31. The monoisotopic (exact) mass is 430 g/mol. The number of nitrogens with zero attached hydrogens (tertiary/aromatic N) is 2. The molecule has 2 aliphatic heterocycles. The minimum atomic E-state index is -0.475. The lowest BCUT2D eigenvalue weighted by Crippen LogP contribution is -2.25. The number of hydrogen-bond donors (Lipinski definition) is 0. The normalized spacial score (nSPS) is 24.6. The molecule has 0 aromatic heterocycles. The third-order valence-corrected chi connectivity index (χ3v) is 5.63. The van der Waals surface area contributed by atoms with E-state index in [2.05, 4.69) is 4.99 Å². The smallest absolute Gasteiger partial charge is 0.414 e. The molecule has 2 heterocycles. The van der Waals surface area contributed by atoms with E-state index in [1.54, 1.807) is 12.1 Å². The van der Waals surface area contributed by atoms with E-state index in [1.807, 2.05) is 30.5 Å². The Labute approximate surface area is 180 Å². The lowest BCUT2D eigenvalue weighted by atomic mass is 10.0. The fraction of sp³-hybridized carbons (Fsp3) is 0.391. The van der Waals surface area contributed by atoms with Gasteiger partial charge >= 0.3 is 6.09 Å². The number of amides is 1. The zero-order valence-corrected chi connectivity index (χ0v) is 17.4. The molecule has 1 aliphatic carbocycles. The molecule has 1 saturated heterocycles. The molecule has 0 bridgehead atoms. The number of carbonyl (C=O) groups is 1. The molecule has 0 radical (unpaired) electrons. The van der Waals surface area contributed by atoms with Crippen LogP contribution in [0.3, 0.4) is 0 Å². The van der Waals surface area contributed by atoms with Gasteiger partial charge in [-0.05, 0) is 49.1 Å². The van der Waals surface area contributed by atoms with Crippen LogP contribution in [0.1, 0.15) is 24.8 Å². The number of hydrogen-bond acceptors (Lipinski definition) is 4. The number of ether oxygens (including phenoxy) is 2. The van der Waals surface area contributed by atoms with Crippen LogP contribution >= 0.6 is 11.6 Å². The second kappa shape index (κ2) is 9.58. The van der Waals surface area contributed by atoms with Crippen LogP contribution in [-0.2, 0) is 9.47 Å². The van der Waals surface area contributed by atoms with Crippen molar-refractivity contribution in [1.29, 1.82) is 0 Å². The van der Waals surface area contributed by atoms with Gasteiger partial charge in [0, 0.05) is 22.7 Å². The molecule has 1 unspecified atom stereocenters. The first-order chi connectivity index (χ1) is 14.6. The summed E-state index contributed by atoms with van der Waals surface area (Å²) in [6.07, 6.45) is 11.1. The molecular formula is C23H24ClFN2O3. The predicted molar refractivity (Wildman–Crippen MR) is 117 cm³/mol. The minimum absolute atomic E-state index is 0.200. The predicted octanol–water partition coefficient (Wildman–Crippen LogP) is 5.11. The number of cyclic esters (lactones) is 1. The first-order valence-electron chi connectivity index (χ1n) is 10.2. The van der Waals surface area contributed by atoms with Crippen LogP contribution in [0.2, 0.25) is 0 Å². The molecule has 1 fully saturated rings. The Bertz CT molecular complexity index is 925. The SMILES string of the molecule is O=C1O[C@@H](CN=CC2C=CC(Cl)=CC2)CN1c1ccc(C2=CCCOCC2)c(F)c1. The lowest BCUT2D eigenvalue weighted by Gasteiger charge is -2.15. The van der Waals surface area contributed by atoms with Crippen LogP contribution in [0.5, 0.6) is 0 Å². The topological polar surface area (TPSA) is 51.1 Å². The number of halogens is 2. The Kier molecular flexibility index (Phi) is 6.65. The zero-order chi connectivity index (χ0) is 20.9. The molecule has 0 spiro atoms. The average Bonchev–Trinajstić information content (AvgIpc) is 2.92. The first-order valence-corrected chi connectivity index (χ1v) is 10.6. The molecule has 2 atom stereocenters. The maximum atomic E-state index is 14.8. The second-order valence-corrected chi connectivity index (χ2v) is 7.96. The number of aliphatic imine (C=N–C) groups is 1. The highest BCUT2D eigenvalue weighted by Crippen LogP contribution is 2.29. The van der Waals surface area contributed by atoms with Gasteiger partial charge in [-0.3, -0.25) is 9.89 Å². The molecule has 5 nitrogen and oxygen atoms in total. The van der Waals surface area contributed by atoms with E-state index in [4.69, 9.17) is 21.1 Å². The summed E-state index contributed by atoms with van der Waals surface area (Å²) in [7, 11) is 0. The Morgan fingerprint density at radius 3 is 3.00 bits per heavy atom. The van der Waals surface area contributed by atoms with Crippen molar-refractivity contribution in [3.05, 3.63) is 58.9 Å². The Morgan fingerprint density at radius 1 is 1.30 bits per heavy atom. The molecule has 1 aromatic carbocycles. The summed E-state index contributed by atoms with van der Waals surface area (Å²) < 4.78 is 25.6. The van der Waals surface area contributed by atoms with Crippen molar-refractivity contribution in [2.45, 2.75) is 25.4 Å². The lowest BCUT2D eigenvalue weighted by molar-refractivity contribution is 0.145. The molecule has 30 heavy (non-hydrogen) atoms. The number of carbonyl (C=O) groups excluding carboxylic acids is 1. The molecule has 7 heteroatoms. The van der Waals surface area contributed by atoms with Crippen LogP contribution in [0, 0.1) is 11.7 Å². The van der Waals surface area contributed by atoms with Crippen LogP contribution in [0.15, 0.2) is 52.5 Å². The maximum Gasteiger partial charge on any atom is 0.414 e. The van der Waals surface area contributed by atoms with Gasteiger partial charge in [0.05, 0.1) is 32.0 Å². The summed E-state index contributed by atoms with van der Waals surface area (Å²) in [5, 5.41) is 0.738. The first kappa shape index (κ1) is 20.8. The summed E-state index contributed by atoms with van der Waals surface area (Å²) in [4.78, 5) is 18.2. The van der Waals surface area contributed by atoms with Crippen LogP contribution in [0.25, 0.3) is 5.57 Å². The van der Waals surface area contributed by atoms with Crippen molar-refractivity contribution in [2.24, 2.45) is 10.9 Å². The molecule has 0 N–H and O–H groups in total. The molecule has 3 aliphatic rings. The van der Waals surface area contributed by atoms with Crippen molar-refractivity contribution in [3.63, 3.8) is 0 Å². The largest absolute Gasteiger partial charge is 0.442 e. The maximum absolute atomic E-state index is 14.8. The Hall–Kier alpha value is -2.44.